The lowest BCUT2D eigenvalue weighted by molar-refractivity contribution is -0.146. The average molecular weight is 420 g/mol. The maximum absolute atomic E-state index is 13.5. The van der Waals surface area contributed by atoms with E-state index in [4.69, 9.17) is 4.74 Å². The molecule has 31 heavy (non-hydrogen) atoms. The molecule has 160 valence electrons. The number of hydrogen-bond acceptors (Lipinski definition) is 5. The third-order valence-corrected chi connectivity index (χ3v) is 5.70. The number of benzene rings is 1. The van der Waals surface area contributed by atoms with Crippen LogP contribution >= 0.6 is 0 Å². The smallest absolute Gasteiger partial charge is 0.329 e. The highest BCUT2D eigenvalue weighted by atomic mass is 16.5. The molecule has 1 atom stereocenters. The first-order valence-corrected chi connectivity index (χ1v) is 10.1. The number of ether oxygens (including phenoxy) is 1. The molecule has 2 aromatic heterocycles. The molecule has 1 aromatic carbocycles. The molecule has 8 heteroatoms. The average Bonchev–Trinajstić information content (AvgIpc) is 3.25. The van der Waals surface area contributed by atoms with Crippen LogP contribution < -0.4 is 5.56 Å². The molecule has 0 saturated carbocycles. The molecule has 1 unspecified atom stereocenters. The van der Waals surface area contributed by atoms with Crippen molar-refractivity contribution in [3.8, 4) is 0 Å². The second-order valence-corrected chi connectivity index (χ2v) is 7.61. The first-order chi connectivity index (χ1) is 15.0. The van der Waals surface area contributed by atoms with Gasteiger partial charge < -0.3 is 19.2 Å². The van der Waals surface area contributed by atoms with E-state index in [1.165, 1.54) is 18.3 Å². The van der Waals surface area contributed by atoms with Gasteiger partial charge in [0.05, 0.1) is 31.4 Å². The Hall–Kier alpha value is -3.68. The van der Waals surface area contributed by atoms with Crippen LogP contribution in [0, 0.1) is 6.92 Å². The van der Waals surface area contributed by atoms with E-state index in [1.807, 2.05) is 30.3 Å². The largest absolute Gasteiger partial charge is 0.467 e. The van der Waals surface area contributed by atoms with Crippen molar-refractivity contribution in [1.82, 2.24) is 19.4 Å². The van der Waals surface area contributed by atoms with Gasteiger partial charge in [-0.2, -0.15) is 0 Å². The molecule has 0 spiro atoms. The van der Waals surface area contributed by atoms with E-state index in [0.29, 0.717) is 18.5 Å². The summed E-state index contributed by atoms with van der Waals surface area (Å²) in [5.74, 6) is -1.01. The number of H-pyrrole nitrogens is 1. The Bertz CT molecular complexity index is 1170. The van der Waals surface area contributed by atoms with Gasteiger partial charge in [-0.15, -0.1) is 0 Å². The number of nitrogens with one attached hydrogen (secondary N) is 1. The highest BCUT2D eigenvalue weighted by Gasteiger charge is 2.38. The first-order valence-electron chi connectivity index (χ1n) is 10.1. The van der Waals surface area contributed by atoms with Crippen molar-refractivity contribution in [2.45, 2.75) is 38.9 Å². The molecule has 8 nitrogen and oxygen atoms in total. The Morgan fingerprint density at radius 1 is 1.23 bits per heavy atom. The molecule has 0 saturated heterocycles. The number of aryl methyl sites for hydroxylation is 3. The number of aromatic amines is 1. The van der Waals surface area contributed by atoms with Crippen LogP contribution in [0.2, 0.25) is 0 Å². The highest BCUT2D eigenvalue weighted by Crippen LogP contribution is 2.23. The van der Waals surface area contributed by atoms with Crippen LogP contribution in [0.5, 0.6) is 0 Å². The summed E-state index contributed by atoms with van der Waals surface area (Å²) in [5.41, 5.74) is 2.88. The van der Waals surface area contributed by atoms with Gasteiger partial charge in [-0.1, -0.05) is 30.3 Å². The van der Waals surface area contributed by atoms with Crippen LogP contribution in [0.3, 0.4) is 0 Å². The van der Waals surface area contributed by atoms with Gasteiger partial charge in [-0.3, -0.25) is 9.59 Å². The lowest BCUT2D eigenvalue weighted by Crippen LogP contribution is -2.50. The van der Waals surface area contributed by atoms with Gasteiger partial charge in [0, 0.05) is 19.2 Å². The standard InChI is InChI=1S/C23H24N4O4/c1-15-8-10-26(11-9-16-6-4-3-5-7-16)21(28)20(15)22(29)27-13-18-17(24-14-25-18)12-19(27)23(30)31-2/h3-8,10,14,19H,9,11-13H2,1-2H3,(H,24,25). The molecular formula is C23H24N4O4. The summed E-state index contributed by atoms with van der Waals surface area (Å²) in [7, 11) is 1.29. The number of imidazole rings is 1. The minimum absolute atomic E-state index is 0.0763. The minimum Gasteiger partial charge on any atom is -0.467 e. The molecule has 0 radical (unpaired) electrons. The lowest BCUT2D eigenvalue weighted by atomic mass is 10.0. The van der Waals surface area contributed by atoms with E-state index in [0.717, 1.165) is 17.0 Å². The van der Waals surface area contributed by atoms with Gasteiger partial charge in [-0.05, 0) is 30.5 Å². The van der Waals surface area contributed by atoms with Crippen molar-refractivity contribution >= 4 is 11.9 Å². The molecule has 4 rings (SSSR count). The zero-order valence-corrected chi connectivity index (χ0v) is 17.5. The van der Waals surface area contributed by atoms with Crippen LogP contribution in [0.25, 0.3) is 0 Å². The number of hydrogen-bond donors (Lipinski definition) is 1. The molecule has 1 aliphatic heterocycles. The van der Waals surface area contributed by atoms with E-state index < -0.39 is 17.9 Å². The number of methoxy groups -OCH3 is 1. The summed E-state index contributed by atoms with van der Waals surface area (Å²) in [5, 5.41) is 0. The Kier molecular flexibility index (Phi) is 5.70. The topological polar surface area (TPSA) is 97.3 Å². The van der Waals surface area contributed by atoms with Crippen LogP contribution in [-0.4, -0.2) is 44.5 Å². The predicted octanol–water partition coefficient (Wildman–Crippen LogP) is 1.86. The van der Waals surface area contributed by atoms with E-state index in [-0.39, 0.29) is 24.1 Å². The fourth-order valence-corrected chi connectivity index (χ4v) is 3.94. The number of carbonyl (C=O) groups excluding carboxylic acids is 2. The Labute approximate surface area is 179 Å². The Morgan fingerprint density at radius 2 is 2.00 bits per heavy atom. The predicted molar refractivity (Wildman–Crippen MR) is 114 cm³/mol. The molecule has 3 heterocycles. The summed E-state index contributed by atoms with van der Waals surface area (Å²) in [4.78, 5) is 47.8. The minimum atomic E-state index is -0.829. The van der Waals surface area contributed by atoms with Gasteiger partial charge in [0.15, 0.2) is 0 Å². The Morgan fingerprint density at radius 3 is 2.74 bits per heavy atom. The van der Waals surface area contributed by atoms with Crippen molar-refractivity contribution in [3.05, 3.63) is 87.4 Å². The number of nitrogens with zero attached hydrogens (tertiary/aromatic N) is 3. The molecule has 1 aliphatic rings. The number of pyridine rings is 1. The quantitative estimate of drug-likeness (QED) is 0.636. The zero-order chi connectivity index (χ0) is 22.0. The lowest BCUT2D eigenvalue weighted by Gasteiger charge is -2.33. The van der Waals surface area contributed by atoms with E-state index in [1.54, 1.807) is 23.8 Å². The summed E-state index contributed by atoms with van der Waals surface area (Å²) in [6.45, 7) is 2.34. The fourth-order valence-electron chi connectivity index (χ4n) is 3.94. The maximum Gasteiger partial charge on any atom is 0.329 e. The summed E-state index contributed by atoms with van der Waals surface area (Å²) in [6.07, 6.45) is 4.16. The van der Waals surface area contributed by atoms with E-state index in [9.17, 15) is 14.4 Å². The third kappa shape index (κ3) is 4.01. The zero-order valence-electron chi connectivity index (χ0n) is 17.5. The highest BCUT2D eigenvalue weighted by molar-refractivity contribution is 5.98. The second kappa shape index (κ2) is 8.59. The summed E-state index contributed by atoms with van der Waals surface area (Å²) in [6, 6.07) is 10.8. The van der Waals surface area contributed by atoms with Gasteiger partial charge in [0.1, 0.15) is 11.6 Å². The number of carbonyl (C=O) groups is 2. The van der Waals surface area contributed by atoms with Crippen molar-refractivity contribution in [3.63, 3.8) is 0 Å². The van der Waals surface area contributed by atoms with Crippen LogP contribution in [0.4, 0.5) is 0 Å². The first kappa shape index (κ1) is 20.6. The van der Waals surface area contributed by atoms with Gasteiger partial charge in [0.25, 0.3) is 11.5 Å². The van der Waals surface area contributed by atoms with Crippen molar-refractivity contribution < 1.29 is 14.3 Å². The van der Waals surface area contributed by atoms with E-state index in [2.05, 4.69) is 9.97 Å². The van der Waals surface area contributed by atoms with Crippen LogP contribution in [0.1, 0.15) is 32.9 Å². The van der Waals surface area contributed by atoms with Crippen molar-refractivity contribution in [1.29, 1.82) is 0 Å². The number of esters is 1. The van der Waals surface area contributed by atoms with Gasteiger partial charge >= 0.3 is 5.97 Å². The normalized spacial score (nSPS) is 15.4. The molecule has 0 aliphatic carbocycles. The molecular weight excluding hydrogens is 396 g/mol. The SMILES string of the molecule is COC(=O)C1Cc2nc[nH]c2CN1C(=O)c1c(C)ccn(CCc2ccccc2)c1=O. The molecule has 3 aromatic rings. The maximum atomic E-state index is 13.5. The molecule has 0 fully saturated rings. The van der Waals surface area contributed by atoms with E-state index >= 15 is 0 Å². The van der Waals surface area contributed by atoms with Gasteiger partial charge in [-0.25, -0.2) is 9.78 Å². The number of rotatable bonds is 5. The Balaban J connectivity index is 1.65. The number of fused-ring (bicyclic) bond motifs is 1. The number of aromatic nitrogens is 3. The van der Waals surface area contributed by atoms with Crippen LogP contribution in [0.15, 0.2) is 53.7 Å². The van der Waals surface area contributed by atoms with Crippen molar-refractivity contribution in [2.75, 3.05) is 7.11 Å². The molecule has 0 bridgehead atoms. The third-order valence-electron chi connectivity index (χ3n) is 5.70. The second-order valence-electron chi connectivity index (χ2n) is 7.61. The summed E-state index contributed by atoms with van der Waals surface area (Å²) < 4.78 is 6.46. The fraction of sp³-hybridized carbons (Fsp3) is 0.304. The monoisotopic (exact) mass is 420 g/mol. The summed E-state index contributed by atoms with van der Waals surface area (Å²) >= 11 is 0. The van der Waals surface area contributed by atoms with Crippen molar-refractivity contribution in [2.24, 2.45) is 0 Å². The number of amides is 1. The van der Waals surface area contributed by atoms with Crippen LogP contribution in [-0.2, 0) is 35.5 Å². The molecule has 1 N–H and O–H groups in total. The van der Waals surface area contributed by atoms with Gasteiger partial charge in [0.2, 0.25) is 0 Å². The molecule has 1 amide bonds.